The Kier molecular flexibility index (Phi) is 4.18. The van der Waals surface area contributed by atoms with Crippen LogP contribution in [-0.4, -0.2) is 27.4 Å². The maximum absolute atomic E-state index is 10.4. The lowest BCUT2D eigenvalue weighted by Gasteiger charge is -2.26. The summed E-state index contributed by atoms with van der Waals surface area (Å²) in [6, 6.07) is 3.46. The van der Waals surface area contributed by atoms with Gasteiger partial charge in [0, 0.05) is 6.54 Å². The third-order valence-electron chi connectivity index (χ3n) is 3.26. The van der Waals surface area contributed by atoms with Gasteiger partial charge in [-0.05, 0) is 25.0 Å². The summed E-state index contributed by atoms with van der Waals surface area (Å²) < 4.78 is 0. The number of aromatic nitrogens is 2. The van der Waals surface area contributed by atoms with E-state index >= 15 is 0 Å². The number of aliphatic hydroxyl groups is 1. The molecule has 4 nitrogen and oxygen atoms in total. The Morgan fingerprint density at radius 2 is 1.88 bits per heavy atom. The molecule has 0 bridgehead atoms. The first kappa shape index (κ1) is 12.6. The molecule has 0 radical (unpaired) electrons. The summed E-state index contributed by atoms with van der Waals surface area (Å²) in [7, 11) is 0. The Bertz CT molecular complexity index is 347. The molecule has 0 saturated heterocycles. The lowest BCUT2D eigenvalue weighted by molar-refractivity contribution is 0.0380. The highest BCUT2D eigenvalue weighted by molar-refractivity contribution is 6.29. The number of hydrogen-bond donors (Lipinski definition) is 2. The van der Waals surface area contributed by atoms with Gasteiger partial charge in [0.1, 0.15) is 5.82 Å². The lowest BCUT2D eigenvalue weighted by atomic mass is 9.94. The molecule has 17 heavy (non-hydrogen) atoms. The summed E-state index contributed by atoms with van der Waals surface area (Å²) in [5.74, 6) is 0.659. The summed E-state index contributed by atoms with van der Waals surface area (Å²) in [4.78, 5) is 0. The highest BCUT2D eigenvalue weighted by Gasteiger charge is 2.27. The average Bonchev–Trinajstić information content (AvgIpc) is 2.54. The van der Waals surface area contributed by atoms with Crippen molar-refractivity contribution in [3.63, 3.8) is 0 Å². The molecule has 1 saturated carbocycles. The van der Waals surface area contributed by atoms with Crippen LogP contribution in [0.25, 0.3) is 0 Å². The number of anilines is 1. The molecule has 0 amide bonds. The van der Waals surface area contributed by atoms with Crippen LogP contribution >= 0.6 is 11.6 Å². The maximum Gasteiger partial charge on any atom is 0.151 e. The van der Waals surface area contributed by atoms with E-state index < -0.39 is 5.60 Å². The smallest absolute Gasteiger partial charge is 0.151 e. The molecule has 0 atom stereocenters. The second-order valence-electron chi connectivity index (χ2n) is 4.73. The summed E-state index contributed by atoms with van der Waals surface area (Å²) in [6.07, 6.45) is 6.38. The molecule has 1 aromatic heterocycles. The molecule has 0 spiro atoms. The lowest BCUT2D eigenvalue weighted by Crippen LogP contribution is -2.36. The highest BCUT2D eigenvalue weighted by Crippen LogP contribution is 2.27. The van der Waals surface area contributed by atoms with Gasteiger partial charge in [-0.2, -0.15) is 0 Å². The molecule has 1 fully saturated rings. The maximum atomic E-state index is 10.4. The third-order valence-corrected chi connectivity index (χ3v) is 3.47. The van der Waals surface area contributed by atoms with Gasteiger partial charge >= 0.3 is 0 Å². The van der Waals surface area contributed by atoms with Crippen LogP contribution in [0, 0.1) is 0 Å². The van der Waals surface area contributed by atoms with Crippen LogP contribution in [0.4, 0.5) is 5.82 Å². The molecule has 1 heterocycles. The van der Waals surface area contributed by atoms with Crippen molar-refractivity contribution in [3.05, 3.63) is 17.3 Å². The standard InChI is InChI=1S/C12H18ClN3O/c13-10-5-6-11(16-15-10)14-9-12(17)7-3-1-2-4-8-12/h5-6,17H,1-4,7-9H2,(H,14,16). The molecule has 1 aromatic rings. The fraction of sp³-hybridized carbons (Fsp3) is 0.667. The van der Waals surface area contributed by atoms with E-state index in [4.69, 9.17) is 11.6 Å². The van der Waals surface area contributed by atoms with Crippen molar-refractivity contribution < 1.29 is 5.11 Å². The van der Waals surface area contributed by atoms with E-state index in [0.29, 0.717) is 17.5 Å². The Morgan fingerprint density at radius 1 is 1.18 bits per heavy atom. The van der Waals surface area contributed by atoms with Gasteiger partial charge in [0.2, 0.25) is 0 Å². The van der Waals surface area contributed by atoms with Gasteiger partial charge in [-0.3, -0.25) is 0 Å². The minimum Gasteiger partial charge on any atom is -0.388 e. The summed E-state index contributed by atoms with van der Waals surface area (Å²) in [5, 5.41) is 21.6. The van der Waals surface area contributed by atoms with Crippen LogP contribution in [0.5, 0.6) is 0 Å². The molecule has 0 unspecified atom stereocenters. The summed E-state index contributed by atoms with van der Waals surface area (Å²) in [6.45, 7) is 0.531. The van der Waals surface area contributed by atoms with E-state index in [1.54, 1.807) is 12.1 Å². The minimum atomic E-state index is -0.599. The number of halogens is 1. The zero-order valence-electron chi connectivity index (χ0n) is 9.82. The molecule has 0 aliphatic heterocycles. The molecular weight excluding hydrogens is 238 g/mol. The Balaban J connectivity index is 1.89. The van der Waals surface area contributed by atoms with Crippen molar-refractivity contribution in [2.45, 2.75) is 44.1 Å². The molecule has 2 N–H and O–H groups in total. The summed E-state index contributed by atoms with van der Waals surface area (Å²) in [5.41, 5.74) is -0.599. The molecule has 2 rings (SSSR count). The quantitative estimate of drug-likeness (QED) is 0.816. The van der Waals surface area contributed by atoms with E-state index in [9.17, 15) is 5.11 Å². The SMILES string of the molecule is OC1(CNc2ccc(Cl)nn2)CCCCCC1. The first-order valence-corrected chi connectivity index (χ1v) is 6.51. The van der Waals surface area contributed by atoms with Crippen LogP contribution in [0.2, 0.25) is 5.15 Å². The predicted molar refractivity (Wildman–Crippen MR) is 68.2 cm³/mol. The molecule has 5 heteroatoms. The molecule has 0 aromatic carbocycles. The van der Waals surface area contributed by atoms with E-state index in [2.05, 4.69) is 15.5 Å². The topological polar surface area (TPSA) is 58.0 Å². The van der Waals surface area contributed by atoms with Crippen molar-refractivity contribution in [1.29, 1.82) is 0 Å². The van der Waals surface area contributed by atoms with Crippen molar-refractivity contribution in [2.24, 2.45) is 0 Å². The monoisotopic (exact) mass is 255 g/mol. The Morgan fingerprint density at radius 3 is 2.47 bits per heavy atom. The van der Waals surface area contributed by atoms with Crippen LogP contribution in [-0.2, 0) is 0 Å². The van der Waals surface area contributed by atoms with E-state index in [-0.39, 0.29) is 0 Å². The predicted octanol–water partition coefficient (Wildman–Crippen LogP) is 2.63. The van der Waals surface area contributed by atoms with Crippen molar-refractivity contribution in [2.75, 3.05) is 11.9 Å². The third kappa shape index (κ3) is 3.82. The van der Waals surface area contributed by atoms with Crippen LogP contribution in [0.1, 0.15) is 38.5 Å². The van der Waals surface area contributed by atoms with Gasteiger partial charge in [-0.15, -0.1) is 10.2 Å². The van der Waals surface area contributed by atoms with Crippen molar-refractivity contribution in [3.8, 4) is 0 Å². The number of nitrogens with one attached hydrogen (secondary N) is 1. The Labute approximate surface area is 106 Å². The number of nitrogens with zero attached hydrogens (tertiary/aromatic N) is 2. The van der Waals surface area contributed by atoms with Gasteiger partial charge < -0.3 is 10.4 Å². The molecule has 1 aliphatic carbocycles. The average molecular weight is 256 g/mol. The molecular formula is C12H18ClN3O. The molecule has 1 aliphatic rings. The summed E-state index contributed by atoms with van der Waals surface area (Å²) >= 11 is 5.66. The van der Waals surface area contributed by atoms with E-state index in [0.717, 1.165) is 25.7 Å². The van der Waals surface area contributed by atoms with Gasteiger partial charge in [0.15, 0.2) is 5.15 Å². The number of hydrogen-bond acceptors (Lipinski definition) is 4. The van der Waals surface area contributed by atoms with Gasteiger partial charge in [0.05, 0.1) is 5.60 Å². The fourth-order valence-electron chi connectivity index (χ4n) is 2.23. The van der Waals surface area contributed by atoms with Crippen molar-refractivity contribution >= 4 is 17.4 Å². The second kappa shape index (κ2) is 5.65. The van der Waals surface area contributed by atoms with E-state index in [1.807, 2.05) is 0 Å². The van der Waals surface area contributed by atoms with E-state index in [1.165, 1.54) is 12.8 Å². The van der Waals surface area contributed by atoms with Crippen LogP contribution in [0.15, 0.2) is 12.1 Å². The molecule has 94 valence electrons. The van der Waals surface area contributed by atoms with Crippen molar-refractivity contribution in [1.82, 2.24) is 10.2 Å². The highest BCUT2D eigenvalue weighted by atomic mass is 35.5. The normalized spacial score (nSPS) is 19.6. The van der Waals surface area contributed by atoms with Gasteiger partial charge in [-0.1, -0.05) is 37.3 Å². The zero-order valence-corrected chi connectivity index (χ0v) is 10.6. The van der Waals surface area contributed by atoms with Gasteiger partial charge in [0.25, 0.3) is 0 Å². The fourth-order valence-corrected chi connectivity index (χ4v) is 2.33. The second-order valence-corrected chi connectivity index (χ2v) is 5.12. The number of rotatable bonds is 3. The first-order valence-electron chi connectivity index (χ1n) is 6.13. The Hall–Kier alpha value is -0.870. The minimum absolute atomic E-state index is 0.378. The zero-order chi connectivity index (χ0) is 12.1. The first-order chi connectivity index (χ1) is 8.18. The van der Waals surface area contributed by atoms with Gasteiger partial charge in [-0.25, -0.2) is 0 Å². The van der Waals surface area contributed by atoms with Crippen LogP contribution in [0.3, 0.4) is 0 Å². The van der Waals surface area contributed by atoms with Crippen LogP contribution < -0.4 is 5.32 Å². The largest absolute Gasteiger partial charge is 0.388 e.